The van der Waals surface area contributed by atoms with E-state index in [-0.39, 0.29) is 17.3 Å². The van der Waals surface area contributed by atoms with Crippen molar-refractivity contribution < 1.29 is 4.92 Å². The maximum atomic E-state index is 11.8. The van der Waals surface area contributed by atoms with Crippen molar-refractivity contribution in [2.45, 2.75) is 6.92 Å². The monoisotopic (exact) mass is 373 g/mol. The van der Waals surface area contributed by atoms with Gasteiger partial charge in [0.1, 0.15) is 6.33 Å². The molecule has 0 aliphatic rings. The van der Waals surface area contributed by atoms with Crippen molar-refractivity contribution in [3.8, 4) is 0 Å². The molecule has 4 rings (SSSR count). The molecule has 0 radical (unpaired) electrons. The summed E-state index contributed by atoms with van der Waals surface area (Å²) in [6.45, 7) is 1.91. The van der Waals surface area contributed by atoms with E-state index in [0.29, 0.717) is 11.4 Å². The third-order valence-corrected chi connectivity index (χ3v) is 4.07. The van der Waals surface area contributed by atoms with Gasteiger partial charge in [0, 0.05) is 34.8 Å². The van der Waals surface area contributed by atoms with Gasteiger partial charge in [0.2, 0.25) is 11.6 Å². The molecule has 0 saturated heterocycles. The summed E-state index contributed by atoms with van der Waals surface area (Å²) in [4.78, 5) is 27.8. The van der Waals surface area contributed by atoms with E-state index in [9.17, 15) is 10.1 Å². The van der Waals surface area contributed by atoms with Gasteiger partial charge in [-0.3, -0.25) is 20.1 Å². The van der Waals surface area contributed by atoms with Crippen LogP contribution in [0.4, 0.5) is 28.7 Å². The van der Waals surface area contributed by atoms with Crippen LogP contribution >= 0.6 is 0 Å². The molecule has 138 valence electrons. The molecule has 0 fully saturated rings. The minimum Gasteiger partial charge on any atom is -0.334 e. The van der Waals surface area contributed by atoms with Gasteiger partial charge in [-0.25, -0.2) is 9.97 Å². The van der Waals surface area contributed by atoms with Crippen LogP contribution in [0.1, 0.15) is 5.69 Å². The van der Waals surface area contributed by atoms with Crippen LogP contribution in [0.3, 0.4) is 0 Å². The predicted molar refractivity (Wildman–Crippen MR) is 106 cm³/mol. The van der Waals surface area contributed by atoms with Gasteiger partial charge in [-0.05, 0) is 43.3 Å². The summed E-state index contributed by atoms with van der Waals surface area (Å²) in [6, 6.07) is 12.7. The molecule has 4 aromatic rings. The van der Waals surface area contributed by atoms with E-state index < -0.39 is 4.92 Å². The Balaban J connectivity index is 1.76. The number of aryl methyl sites for hydroxylation is 1. The first-order valence-corrected chi connectivity index (χ1v) is 8.41. The lowest BCUT2D eigenvalue weighted by molar-refractivity contribution is -0.383. The lowest BCUT2D eigenvalue weighted by atomic mass is 10.1. The molecule has 0 bridgehead atoms. The zero-order valence-corrected chi connectivity index (χ0v) is 14.8. The average molecular weight is 373 g/mol. The van der Waals surface area contributed by atoms with Crippen LogP contribution in [0.5, 0.6) is 0 Å². The van der Waals surface area contributed by atoms with Gasteiger partial charge in [-0.2, -0.15) is 0 Å². The van der Waals surface area contributed by atoms with Crippen LogP contribution in [0.2, 0.25) is 0 Å². The fourth-order valence-corrected chi connectivity index (χ4v) is 2.80. The van der Waals surface area contributed by atoms with Gasteiger partial charge in [-0.15, -0.1) is 0 Å². The Morgan fingerprint density at radius 2 is 1.71 bits per heavy atom. The fraction of sp³-hybridized carbons (Fsp3) is 0.0526. The van der Waals surface area contributed by atoms with Crippen molar-refractivity contribution in [2.75, 3.05) is 10.6 Å². The van der Waals surface area contributed by atoms with E-state index in [1.165, 1.54) is 6.33 Å². The molecule has 0 spiro atoms. The number of nitrogens with zero attached hydrogens (tertiary/aromatic N) is 5. The lowest BCUT2D eigenvalue weighted by Crippen LogP contribution is -2.05. The lowest BCUT2D eigenvalue weighted by Gasteiger charge is -2.11. The number of pyridine rings is 2. The first-order chi connectivity index (χ1) is 13.6. The van der Waals surface area contributed by atoms with Crippen molar-refractivity contribution in [2.24, 2.45) is 0 Å². The standard InChI is InChI=1S/C19H15N7O2/c1-12-5-6-14-15(23-12)3-2-4-16(14)25-19-17(26(27)28)18(21-11-22-19)24-13-7-9-20-10-8-13/h2-11H,1H3,(H2,20,21,22,24,25). The number of benzene rings is 1. The molecule has 9 nitrogen and oxygen atoms in total. The number of anilines is 4. The highest BCUT2D eigenvalue weighted by Gasteiger charge is 2.23. The van der Waals surface area contributed by atoms with E-state index in [4.69, 9.17) is 0 Å². The number of nitrogens with one attached hydrogen (secondary N) is 2. The first-order valence-electron chi connectivity index (χ1n) is 8.41. The number of rotatable bonds is 5. The summed E-state index contributed by atoms with van der Waals surface area (Å²) in [5.74, 6) is 0.174. The van der Waals surface area contributed by atoms with E-state index in [1.807, 2.05) is 37.3 Å². The van der Waals surface area contributed by atoms with Crippen LogP contribution in [0.15, 0.2) is 61.2 Å². The van der Waals surface area contributed by atoms with Gasteiger partial charge >= 0.3 is 5.69 Å². The predicted octanol–water partition coefficient (Wildman–Crippen LogP) is 4.12. The van der Waals surface area contributed by atoms with Gasteiger partial charge in [0.15, 0.2) is 0 Å². The molecule has 2 N–H and O–H groups in total. The maximum absolute atomic E-state index is 11.8. The summed E-state index contributed by atoms with van der Waals surface area (Å²) < 4.78 is 0. The van der Waals surface area contributed by atoms with Crippen molar-refractivity contribution in [3.63, 3.8) is 0 Å². The minimum atomic E-state index is -0.514. The molecule has 9 heteroatoms. The second-order valence-electron chi connectivity index (χ2n) is 5.99. The first kappa shape index (κ1) is 17.3. The van der Waals surface area contributed by atoms with Crippen LogP contribution < -0.4 is 10.6 Å². The van der Waals surface area contributed by atoms with Gasteiger partial charge < -0.3 is 10.6 Å². The molecule has 28 heavy (non-hydrogen) atoms. The van der Waals surface area contributed by atoms with Crippen molar-refractivity contribution >= 4 is 39.6 Å². The average Bonchev–Trinajstić information content (AvgIpc) is 2.68. The molecule has 0 aliphatic heterocycles. The molecule has 0 aliphatic carbocycles. The summed E-state index contributed by atoms with van der Waals surface area (Å²) in [5, 5.41) is 18.6. The molecule has 3 heterocycles. The number of hydrogen-bond donors (Lipinski definition) is 2. The Hall–Kier alpha value is -4.14. The Morgan fingerprint density at radius 1 is 0.964 bits per heavy atom. The molecule has 0 atom stereocenters. The molecule has 3 aromatic heterocycles. The van der Waals surface area contributed by atoms with Crippen molar-refractivity contribution in [1.82, 2.24) is 19.9 Å². The fourth-order valence-electron chi connectivity index (χ4n) is 2.80. The smallest absolute Gasteiger partial charge is 0.334 e. The van der Waals surface area contributed by atoms with Crippen LogP contribution in [0, 0.1) is 17.0 Å². The van der Waals surface area contributed by atoms with E-state index >= 15 is 0 Å². The number of hydrogen-bond acceptors (Lipinski definition) is 8. The molecule has 0 unspecified atom stereocenters. The number of fused-ring (bicyclic) bond motifs is 1. The minimum absolute atomic E-state index is 0.0860. The van der Waals surface area contributed by atoms with Gasteiger partial charge in [0.05, 0.1) is 10.4 Å². The highest BCUT2D eigenvalue weighted by molar-refractivity contribution is 5.94. The topological polar surface area (TPSA) is 119 Å². The maximum Gasteiger partial charge on any atom is 0.353 e. The third kappa shape index (κ3) is 3.40. The SMILES string of the molecule is Cc1ccc2c(Nc3ncnc(Nc4ccncc4)c3[N+](=O)[O-])cccc2n1. The van der Waals surface area contributed by atoms with E-state index in [0.717, 1.165) is 16.6 Å². The van der Waals surface area contributed by atoms with Crippen LogP contribution in [-0.2, 0) is 0 Å². The third-order valence-electron chi connectivity index (χ3n) is 4.07. The quantitative estimate of drug-likeness (QED) is 0.396. The normalized spacial score (nSPS) is 10.6. The summed E-state index contributed by atoms with van der Waals surface area (Å²) >= 11 is 0. The van der Waals surface area contributed by atoms with Gasteiger partial charge in [-0.1, -0.05) is 6.07 Å². The van der Waals surface area contributed by atoms with Crippen molar-refractivity contribution in [1.29, 1.82) is 0 Å². The summed E-state index contributed by atoms with van der Waals surface area (Å²) in [5.41, 5.74) is 2.73. The van der Waals surface area contributed by atoms with Gasteiger partial charge in [0.25, 0.3) is 0 Å². The van der Waals surface area contributed by atoms with Crippen molar-refractivity contribution in [3.05, 3.63) is 77.0 Å². The zero-order chi connectivity index (χ0) is 19.5. The van der Waals surface area contributed by atoms with Crippen LogP contribution in [-0.4, -0.2) is 24.9 Å². The zero-order valence-electron chi connectivity index (χ0n) is 14.8. The molecule has 1 aromatic carbocycles. The second kappa shape index (κ2) is 7.23. The Morgan fingerprint density at radius 3 is 2.46 bits per heavy atom. The van der Waals surface area contributed by atoms with E-state index in [2.05, 4.69) is 30.6 Å². The summed E-state index contributed by atoms with van der Waals surface area (Å²) in [6.07, 6.45) is 4.44. The number of nitro groups is 1. The second-order valence-corrected chi connectivity index (χ2v) is 5.99. The van der Waals surface area contributed by atoms with E-state index in [1.54, 1.807) is 24.5 Å². The summed E-state index contributed by atoms with van der Waals surface area (Å²) in [7, 11) is 0. The molecule has 0 saturated carbocycles. The van der Waals surface area contributed by atoms with Crippen LogP contribution in [0.25, 0.3) is 10.9 Å². The molecule has 0 amide bonds. The Kier molecular flexibility index (Phi) is 4.47. The molecular weight excluding hydrogens is 358 g/mol. The highest BCUT2D eigenvalue weighted by atomic mass is 16.6. The number of aromatic nitrogens is 4. The Bertz CT molecular complexity index is 1170. The Labute approximate surface area is 159 Å². The largest absolute Gasteiger partial charge is 0.353 e. The highest BCUT2D eigenvalue weighted by Crippen LogP contribution is 2.34. The molecular formula is C19H15N7O2.